The molecule has 3 aromatic heterocycles. The SMILES string of the molecule is CCN(CCNC)c1ccc(C2C=Cc3c(ncn3-c3cc(OC(C)c4ccccc4C(F)(F)F)c(C(N)=O)s3)C2)cn1. The fourth-order valence-electron chi connectivity index (χ4n) is 5.21. The molecule has 0 saturated heterocycles. The van der Waals surface area contributed by atoms with E-state index in [2.05, 4.69) is 34.3 Å². The van der Waals surface area contributed by atoms with Crippen molar-refractivity contribution in [1.29, 1.82) is 0 Å². The number of hydrogen-bond donors (Lipinski definition) is 2. The number of aromatic nitrogens is 3. The maximum Gasteiger partial charge on any atom is 0.416 e. The number of likely N-dealkylation sites (N-methyl/N-ethyl adjacent to an activating group) is 2. The summed E-state index contributed by atoms with van der Waals surface area (Å²) in [5, 5.41) is 3.78. The molecule has 1 aliphatic rings. The average molecular weight is 611 g/mol. The lowest BCUT2D eigenvalue weighted by Crippen LogP contribution is -2.31. The molecule has 0 saturated carbocycles. The minimum atomic E-state index is -4.54. The largest absolute Gasteiger partial charge is 0.484 e. The summed E-state index contributed by atoms with van der Waals surface area (Å²) in [4.78, 5) is 24.0. The van der Waals surface area contributed by atoms with E-state index in [0.717, 1.165) is 59.8 Å². The first kappa shape index (κ1) is 30.3. The van der Waals surface area contributed by atoms with Crippen molar-refractivity contribution in [2.45, 2.75) is 38.5 Å². The molecule has 0 radical (unpaired) electrons. The lowest BCUT2D eigenvalue weighted by Gasteiger charge is -2.23. The first-order valence-corrected chi connectivity index (χ1v) is 14.8. The second kappa shape index (κ2) is 12.6. The number of fused-ring (bicyclic) bond motifs is 1. The topological polar surface area (TPSA) is 98.3 Å². The molecule has 2 unspecified atom stereocenters. The number of hydrogen-bond acceptors (Lipinski definition) is 7. The quantitative estimate of drug-likeness (QED) is 0.217. The Labute approximate surface area is 252 Å². The van der Waals surface area contributed by atoms with E-state index in [1.54, 1.807) is 12.4 Å². The number of primary amides is 1. The number of nitrogens with two attached hydrogens (primary N) is 1. The van der Waals surface area contributed by atoms with Crippen LogP contribution in [0.3, 0.4) is 0 Å². The number of carbonyl (C=O) groups excluding carboxylic acids is 1. The van der Waals surface area contributed by atoms with Gasteiger partial charge in [0, 0.05) is 49.8 Å². The highest BCUT2D eigenvalue weighted by molar-refractivity contribution is 7.16. The number of nitrogens with zero attached hydrogens (tertiary/aromatic N) is 4. The molecule has 8 nitrogen and oxygen atoms in total. The molecule has 5 rings (SSSR count). The lowest BCUT2D eigenvalue weighted by atomic mass is 9.90. The van der Waals surface area contributed by atoms with E-state index in [4.69, 9.17) is 15.5 Å². The Morgan fingerprint density at radius 3 is 2.72 bits per heavy atom. The summed E-state index contributed by atoms with van der Waals surface area (Å²) in [6.45, 7) is 6.23. The maximum absolute atomic E-state index is 13.6. The number of imidazole rings is 1. The molecule has 0 spiro atoms. The van der Waals surface area contributed by atoms with Crippen molar-refractivity contribution in [1.82, 2.24) is 19.9 Å². The highest BCUT2D eigenvalue weighted by Gasteiger charge is 2.35. The van der Waals surface area contributed by atoms with E-state index in [1.807, 2.05) is 30.0 Å². The Morgan fingerprint density at radius 2 is 2.05 bits per heavy atom. The number of allylic oxidation sites excluding steroid dienone is 1. The van der Waals surface area contributed by atoms with Gasteiger partial charge in [-0.1, -0.05) is 30.3 Å². The molecule has 12 heteroatoms. The van der Waals surface area contributed by atoms with Crippen LogP contribution in [-0.2, 0) is 12.6 Å². The van der Waals surface area contributed by atoms with E-state index in [0.29, 0.717) is 11.4 Å². The number of alkyl halides is 3. The van der Waals surface area contributed by atoms with Crippen molar-refractivity contribution < 1.29 is 22.7 Å². The molecule has 0 fully saturated rings. The summed E-state index contributed by atoms with van der Waals surface area (Å²) in [6.07, 6.45) is 2.81. The van der Waals surface area contributed by atoms with Gasteiger partial charge in [0.1, 0.15) is 33.9 Å². The number of carbonyl (C=O) groups is 1. The highest BCUT2D eigenvalue weighted by Crippen LogP contribution is 2.40. The summed E-state index contributed by atoms with van der Waals surface area (Å²) >= 11 is 1.10. The third kappa shape index (κ3) is 6.45. The molecule has 3 heterocycles. The molecule has 43 heavy (non-hydrogen) atoms. The van der Waals surface area contributed by atoms with Gasteiger partial charge >= 0.3 is 6.18 Å². The van der Waals surface area contributed by atoms with E-state index >= 15 is 0 Å². The molecule has 1 amide bonds. The minimum absolute atomic E-state index is 0.0324. The number of ether oxygens (including phenoxy) is 1. The van der Waals surface area contributed by atoms with Gasteiger partial charge in [0.05, 0.1) is 17.0 Å². The second-order valence-corrected chi connectivity index (χ2v) is 11.3. The zero-order valence-corrected chi connectivity index (χ0v) is 24.9. The zero-order chi connectivity index (χ0) is 30.7. The molecule has 0 aliphatic heterocycles. The number of amides is 1. The molecule has 0 bridgehead atoms. The summed E-state index contributed by atoms with van der Waals surface area (Å²) < 4.78 is 48.5. The Morgan fingerprint density at radius 1 is 1.26 bits per heavy atom. The van der Waals surface area contributed by atoms with Crippen LogP contribution in [0.25, 0.3) is 11.1 Å². The number of halogens is 3. The van der Waals surface area contributed by atoms with Crippen LogP contribution in [0.15, 0.2) is 61.1 Å². The first-order valence-electron chi connectivity index (χ1n) is 14.0. The van der Waals surface area contributed by atoms with Crippen LogP contribution in [0.4, 0.5) is 19.0 Å². The standard InChI is InChI=1S/C31H33F3N6O2S/c1-4-39(14-13-36-3)27-12-10-21(17-37-27)20-9-11-25-24(15-20)38-18-40(25)28-16-26(29(43-28)30(35)41)42-19(2)22-7-5-6-8-23(22)31(32,33)34/h5-12,16-20,36H,4,13-15H2,1-3H3,(H2,35,41). The predicted molar refractivity (Wildman–Crippen MR) is 162 cm³/mol. The lowest BCUT2D eigenvalue weighted by molar-refractivity contribution is -0.139. The van der Waals surface area contributed by atoms with Gasteiger partial charge in [-0.25, -0.2) is 9.97 Å². The van der Waals surface area contributed by atoms with Gasteiger partial charge in [0.2, 0.25) is 0 Å². The Hall–Kier alpha value is -4.16. The molecule has 2 atom stereocenters. The molecule has 226 valence electrons. The normalized spacial score (nSPS) is 15.3. The van der Waals surface area contributed by atoms with Gasteiger partial charge < -0.3 is 20.7 Å². The fourth-order valence-corrected chi connectivity index (χ4v) is 6.13. The van der Waals surface area contributed by atoms with Crippen molar-refractivity contribution in [3.63, 3.8) is 0 Å². The Bertz CT molecular complexity index is 1610. The maximum atomic E-state index is 13.6. The molecular formula is C31H33F3N6O2S. The molecule has 4 aromatic rings. The summed E-state index contributed by atoms with van der Waals surface area (Å²) in [5.41, 5.74) is 7.63. The third-order valence-electron chi connectivity index (χ3n) is 7.47. The summed E-state index contributed by atoms with van der Waals surface area (Å²) in [5.74, 6) is 0.431. The average Bonchev–Trinajstić information content (AvgIpc) is 3.61. The van der Waals surface area contributed by atoms with E-state index in [1.165, 1.54) is 25.1 Å². The van der Waals surface area contributed by atoms with Crippen LogP contribution in [0.5, 0.6) is 5.75 Å². The zero-order valence-electron chi connectivity index (χ0n) is 24.1. The number of thiophene rings is 1. The van der Waals surface area contributed by atoms with Crippen LogP contribution in [0.1, 0.15) is 63.6 Å². The van der Waals surface area contributed by atoms with Gasteiger partial charge in [0.25, 0.3) is 5.91 Å². The van der Waals surface area contributed by atoms with Crippen LogP contribution in [0.2, 0.25) is 0 Å². The number of rotatable bonds is 11. The van der Waals surface area contributed by atoms with Crippen molar-refractivity contribution >= 4 is 29.1 Å². The molecule has 1 aliphatic carbocycles. The Kier molecular flexibility index (Phi) is 8.88. The van der Waals surface area contributed by atoms with Crippen LogP contribution < -0.4 is 20.7 Å². The smallest absolute Gasteiger partial charge is 0.416 e. The number of anilines is 1. The van der Waals surface area contributed by atoms with Crippen molar-refractivity contribution in [2.24, 2.45) is 5.73 Å². The van der Waals surface area contributed by atoms with Gasteiger partial charge in [-0.2, -0.15) is 13.2 Å². The second-order valence-electron chi connectivity index (χ2n) is 10.2. The van der Waals surface area contributed by atoms with Crippen LogP contribution in [-0.4, -0.2) is 47.1 Å². The molecule has 3 N–H and O–H groups in total. The van der Waals surface area contributed by atoms with Gasteiger partial charge in [0.15, 0.2) is 0 Å². The number of benzene rings is 1. The summed E-state index contributed by atoms with van der Waals surface area (Å²) in [6, 6.07) is 11.0. The fraction of sp³-hybridized carbons (Fsp3) is 0.323. The van der Waals surface area contributed by atoms with E-state index < -0.39 is 23.8 Å². The van der Waals surface area contributed by atoms with Crippen LogP contribution >= 0.6 is 11.3 Å². The van der Waals surface area contributed by atoms with Crippen molar-refractivity contribution in [3.8, 4) is 10.8 Å². The van der Waals surface area contributed by atoms with Crippen molar-refractivity contribution in [3.05, 3.63) is 94.0 Å². The number of pyridine rings is 1. The van der Waals surface area contributed by atoms with Gasteiger partial charge in [-0.3, -0.25) is 9.36 Å². The highest BCUT2D eigenvalue weighted by atomic mass is 32.1. The predicted octanol–water partition coefficient (Wildman–Crippen LogP) is 5.99. The third-order valence-corrected chi connectivity index (χ3v) is 8.60. The molecular weight excluding hydrogens is 577 g/mol. The summed E-state index contributed by atoms with van der Waals surface area (Å²) in [7, 11) is 1.93. The minimum Gasteiger partial charge on any atom is -0.484 e. The first-order chi connectivity index (χ1) is 20.6. The van der Waals surface area contributed by atoms with Gasteiger partial charge in [-0.15, -0.1) is 11.3 Å². The monoisotopic (exact) mass is 610 g/mol. The van der Waals surface area contributed by atoms with Crippen molar-refractivity contribution in [2.75, 3.05) is 31.6 Å². The van der Waals surface area contributed by atoms with Crippen LogP contribution in [0, 0.1) is 0 Å². The number of nitrogens with one attached hydrogen (secondary N) is 1. The Balaban J connectivity index is 1.36. The molecule has 1 aromatic carbocycles. The van der Waals surface area contributed by atoms with Gasteiger partial charge in [-0.05, 0) is 44.7 Å². The van der Waals surface area contributed by atoms with E-state index in [9.17, 15) is 18.0 Å². The van der Waals surface area contributed by atoms with E-state index in [-0.39, 0.29) is 22.1 Å².